The number of likely N-dealkylation sites (tertiary alicyclic amines) is 1. The maximum absolute atomic E-state index is 13.1. The Morgan fingerprint density at radius 1 is 1.09 bits per heavy atom. The molecule has 0 radical (unpaired) electrons. The Hall–Kier alpha value is -3.03. The molecule has 1 atom stereocenters. The fraction of sp³-hybridized carbons (Fsp3) is 0.360. The van der Waals surface area contributed by atoms with Crippen LogP contribution in [-0.4, -0.2) is 55.7 Å². The lowest BCUT2D eigenvalue weighted by atomic mass is 9.95. The number of nitrogens with zero attached hydrogens (tertiary/aromatic N) is 1. The molecule has 1 aliphatic rings. The number of hydrogen-bond acceptors (Lipinski definition) is 6. The molecule has 1 unspecified atom stereocenters. The van der Waals surface area contributed by atoms with Gasteiger partial charge in [0, 0.05) is 25.3 Å². The topological polar surface area (TPSA) is 85.3 Å². The van der Waals surface area contributed by atoms with E-state index in [0.29, 0.717) is 48.3 Å². The second kappa shape index (κ2) is 11.2. The largest absolute Gasteiger partial charge is 0.507 e. The van der Waals surface area contributed by atoms with E-state index in [1.54, 1.807) is 43.5 Å². The van der Waals surface area contributed by atoms with Crippen molar-refractivity contribution in [1.29, 1.82) is 0 Å². The SMILES string of the molecule is CCCOc1ccc(C2/C(=C(\O)c3cc(Cl)ccc3OC)C(=O)C(=O)N2CCCOC)cc1. The van der Waals surface area contributed by atoms with E-state index in [4.69, 9.17) is 25.8 Å². The molecule has 1 N–H and O–H groups in total. The number of rotatable bonds is 10. The van der Waals surface area contributed by atoms with Crippen LogP contribution in [0.1, 0.15) is 36.9 Å². The smallest absolute Gasteiger partial charge is 0.295 e. The molecule has 3 rings (SSSR count). The van der Waals surface area contributed by atoms with Gasteiger partial charge < -0.3 is 24.2 Å². The Morgan fingerprint density at radius 2 is 1.82 bits per heavy atom. The number of aliphatic hydroxyl groups is 1. The van der Waals surface area contributed by atoms with E-state index in [2.05, 4.69) is 0 Å². The van der Waals surface area contributed by atoms with Crippen LogP contribution in [0.4, 0.5) is 0 Å². The zero-order valence-corrected chi connectivity index (χ0v) is 19.7. The highest BCUT2D eigenvalue weighted by Crippen LogP contribution is 2.41. The lowest BCUT2D eigenvalue weighted by Gasteiger charge is -2.25. The van der Waals surface area contributed by atoms with Crippen LogP contribution in [0.3, 0.4) is 0 Å². The summed E-state index contributed by atoms with van der Waals surface area (Å²) in [6, 6.07) is 11.1. The van der Waals surface area contributed by atoms with Gasteiger partial charge >= 0.3 is 0 Å². The first-order valence-corrected chi connectivity index (χ1v) is 11.1. The summed E-state index contributed by atoms with van der Waals surface area (Å²) < 4.78 is 16.1. The van der Waals surface area contributed by atoms with Gasteiger partial charge in [0.05, 0.1) is 30.9 Å². The van der Waals surface area contributed by atoms with Crippen molar-refractivity contribution >= 4 is 29.1 Å². The summed E-state index contributed by atoms with van der Waals surface area (Å²) >= 11 is 6.14. The van der Waals surface area contributed by atoms with Crippen LogP contribution in [0.2, 0.25) is 5.02 Å². The molecule has 1 heterocycles. The van der Waals surface area contributed by atoms with Crippen molar-refractivity contribution in [2.75, 3.05) is 34.0 Å². The first-order valence-electron chi connectivity index (χ1n) is 10.8. The van der Waals surface area contributed by atoms with Gasteiger partial charge in [-0.15, -0.1) is 0 Å². The van der Waals surface area contributed by atoms with E-state index in [1.165, 1.54) is 18.1 Å². The zero-order valence-electron chi connectivity index (χ0n) is 19.0. The van der Waals surface area contributed by atoms with Crippen LogP contribution < -0.4 is 9.47 Å². The second-order valence-electron chi connectivity index (χ2n) is 7.60. The van der Waals surface area contributed by atoms with Gasteiger partial charge in [-0.25, -0.2) is 0 Å². The van der Waals surface area contributed by atoms with Gasteiger partial charge in [0.15, 0.2) is 0 Å². The Kier molecular flexibility index (Phi) is 8.36. The van der Waals surface area contributed by atoms with Crippen LogP contribution >= 0.6 is 11.6 Å². The Morgan fingerprint density at radius 3 is 2.45 bits per heavy atom. The summed E-state index contributed by atoms with van der Waals surface area (Å²) in [5, 5.41) is 11.6. The molecule has 0 aromatic heterocycles. The number of Topliss-reactive ketones (excluding diaryl/α,β-unsaturated/α-hetero) is 1. The second-order valence-corrected chi connectivity index (χ2v) is 8.04. The standard InChI is InChI=1S/C25H28ClNO6/c1-4-13-33-18-9-6-16(7-10-18)22-21(24(29)25(30)27(22)12-5-14-31-2)23(28)19-15-17(26)8-11-20(19)32-3/h6-11,15,22,28H,4-5,12-14H2,1-3H3/b23-21+. The molecule has 176 valence electrons. The van der Waals surface area contributed by atoms with Crippen molar-refractivity contribution in [2.24, 2.45) is 0 Å². The highest BCUT2D eigenvalue weighted by Gasteiger charge is 2.46. The number of halogens is 1. The van der Waals surface area contributed by atoms with Gasteiger partial charge in [-0.05, 0) is 48.7 Å². The Labute approximate surface area is 198 Å². The van der Waals surface area contributed by atoms with Crippen LogP contribution in [0.5, 0.6) is 11.5 Å². The van der Waals surface area contributed by atoms with E-state index in [1.807, 2.05) is 6.92 Å². The highest BCUT2D eigenvalue weighted by molar-refractivity contribution is 6.46. The average Bonchev–Trinajstić information content (AvgIpc) is 3.07. The number of aliphatic hydroxyl groups excluding tert-OH is 1. The van der Waals surface area contributed by atoms with Crippen molar-refractivity contribution in [1.82, 2.24) is 4.90 Å². The molecule has 2 aromatic carbocycles. The van der Waals surface area contributed by atoms with Crippen molar-refractivity contribution in [3.63, 3.8) is 0 Å². The molecular weight excluding hydrogens is 446 g/mol. The molecule has 33 heavy (non-hydrogen) atoms. The number of carbonyl (C=O) groups is 2. The average molecular weight is 474 g/mol. The maximum Gasteiger partial charge on any atom is 0.295 e. The summed E-state index contributed by atoms with van der Waals surface area (Å²) in [5.41, 5.74) is 0.908. The summed E-state index contributed by atoms with van der Waals surface area (Å²) in [6.45, 7) is 3.33. The summed E-state index contributed by atoms with van der Waals surface area (Å²) in [6.07, 6.45) is 1.42. The minimum atomic E-state index is -0.772. The van der Waals surface area contributed by atoms with Gasteiger partial charge in [-0.1, -0.05) is 30.7 Å². The molecule has 0 saturated carbocycles. The number of carbonyl (C=O) groups excluding carboxylic acids is 2. The molecule has 1 amide bonds. The molecule has 1 aliphatic heterocycles. The van der Waals surface area contributed by atoms with E-state index in [0.717, 1.165) is 6.42 Å². The van der Waals surface area contributed by atoms with Gasteiger partial charge in [0.25, 0.3) is 11.7 Å². The monoisotopic (exact) mass is 473 g/mol. The molecule has 1 fully saturated rings. The highest BCUT2D eigenvalue weighted by atomic mass is 35.5. The van der Waals surface area contributed by atoms with Crippen molar-refractivity contribution in [2.45, 2.75) is 25.8 Å². The van der Waals surface area contributed by atoms with E-state index < -0.39 is 17.7 Å². The first-order chi connectivity index (χ1) is 15.9. The molecule has 2 aromatic rings. The van der Waals surface area contributed by atoms with Crippen LogP contribution in [-0.2, 0) is 14.3 Å². The van der Waals surface area contributed by atoms with E-state index in [9.17, 15) is 14.7 Å². The van der Waals surface area contributed by atoms with E-state index >= 15 is 0 Å². The molecule has 7 nitrogen and oxygen atoms in total. The molecule has 1 saturated heterocycles. The van der Waals surface area contributed by atoms with Crippen LogP contribution in [0.25, 0.3) is 5.76 Å². The fourth-order valence-corrected chi connectivity index (χ4v) is 3.99. The summed E-state index contributed by atoms with van der Waals surface area (Å²) in [7, 11) is 3.03. The first kappa shape index (κ1) is 24.6. The number of amides is 1. The fourth-order valence-electron chi connectivity index (χ4n) is 3.81. The maximum atomic E-state index is 13.1. The number of benzene rings is 2. The third-order valence-corrected chi connectivity index (χ3v) is 5.61. The third kappa shape index (κ3) is 5.31. The third-order valence-electron chi connectivity index (χ3n) is 5.37. The van der Waals surface area contributed by atoms with E-state index in [-0.39, 0.29) is 16.9 Å². The zero-order chi connectivity index (χ0) is 24.0. The van der Waals surface area contributed by atoms with Crippen molar-refractivity contribution in [3.8, 4) is 11.5 Å². The van der Waals surface area contributed by atoms with Gasteiger partial charge in [0.1, 0.15) is 17.3 Å². The van der Waals surface area contributed by atoms with Crippen molar-refractivity contribution in [3.05, 3.63) is 64.2 Å². The Balaban J connectivity index is 2.12. The van der Waals surface area contributed by atoms with Gasteiger partial charge in [-0.2, -0.15) is 0 Å². The quantitative estimate of drug-likeness (QED) is 0.235. The number of methoxy groups -OCH3 is 2. The summed E-state index contributed by atoms with van der Waals surface area (Å²) in [5.74, 6) is -0.746. The molecule has 0 aliphatic carbocycles. The number of ketones is 1. The molecular formula is C25H28ClNO6. The number of ether oxygens (including phenoxy) is 3. The van der Waals surface area contributed by atoms with Crippen LogP contribution in [0, 0.1) is 0 Å². The number of hydrogen-bond donors (Lipinski definition) is 1. The normalized spacial score (nSPS) is 17.5. The van der Waals surface area contributed by atoms with Gasteiger partial charge in [0.2, 0.25) is 0 Å². The minimum absolute atomic E-state index is 0.0137. The molecule has 8 heteroatoms. The van der Waals surface area contributed by atoms with Crippen LogP contribution in [0.15, 0.2) is 48.0 Å². The molecule has 0 spiro atoms. The summed E-state index contributed by atoms with van der Waals surface area (Å²) in [4.78, 5) is 27.5. The lowest BCUT2D eigenvalue weighted by molar-refractivity contribution is -0.140. The lowest BCUT2D eigenvalue weighted by Crippen LogP contribution is -2.31. The molecule has 0 bridgehead atoms. The minimum Gasteiger partial charge on any atom is -0.507 e. The Bertz CT molecular complexity index is 1030. The van der Waals surface area contributed by atoms with Gasteiger partial charge in [-0.3, -0.25) is 9.59 Å². The van der Waals surface area contributed by atoms with Crippen molar-refractivity contribution < 1.29 is 28.9 Å². The predicted molar refractivity (Wildman–Crippen MR) is 126 cm³/mol. The predicted octanol–water partition coefficient (Wildman–Crippen LogP) is 4.60.